The Morgan fingerprint density at radius 3 is 2.62 bits per heavy atom. The van der Waals surface area contributed by atoms with Crippen LogP contribution in [0.5, 0.6) is 0 Å². The summed E-state index contributed by atoms with van der Waals surface area (Å²) in [6.45, 7) is 5.81. The first kappa shape index (κ1) is 8.25. The van der Waals surface area contributed by atoms with Crippen molar-refractivity contribution in [3.63, 3.8) is 0 Å². The van der Waals surface area contributed by atoms with Gasteiger partial charge in [0.1, 0.15) is 0 Å². The highest BCUT2D eigenvalue weighted by Crippen LogP contribution is 2.41. The summed E-state index contributed by atoms with van der Waals surface area (Å²) < 4.78 is 5.94. The van der Waals surface area contributed by atoms with Crippen molar-refractivity contribution in [2.24, 2.45) is 5.92 Å². The fourth-order valence-electron chi connectivity index (χ4n) is 2.88. The molecule has 3 fully saturated rings. The number of ether oxygens (including phenoxy) is 1. The van der Waals surface area contributed by atoms with Crippen LogP contribution in [-0.2, 0) is 4.74 Å². The molecule has 1 unspecified atom stereocenters. The first-order valence-corrected chi connectivity index (χ1v) is 5.65. The van der Waals surface area contributed by atoms with Gasteiger partial charge in [-0.2, -0.15) is 0 Å². The molecule has 0 aromatic rings. The summed E-state index contributed by atoms with van der Waals surface area (Å²) in [7, 11) is 0. The van der Waals surface area contributed by atoms with Crippen molar-refractivity contribution in [2.45, 2.75) is 44.2 Å². The van der Waals surface area contributed by atoms with Crippen LogP contribution in [0.2, 0.25) is 0 Å². The number of likely N-dealkylation sites (tertiary alicyclic amines) is 1. The van der Waals surface area contributed by atoms with E-state index in [0.717, 1.165) is 18.6 Å². The molecule has 3 aliphatic rings. The maximum absolute atomic E-state index is 5.94. The lowest BCUT2D eigenvalue weighted by Gasteiger charge is -2.53. The molecular weight excluding hydrogens is 162 g/mol. The van der Waals surface area contributed by atoms with Crippen LogP contribution in [0.15, 0.2) is 0 Å². The quantitative estimate of drug-likeness (QED) is 0.610. The van der Waals surface area contributed by atoms with Gasteiger partial charge in [-0.25, -0.2) is 0 Å². The standard InChI is InChI=1S/C11H19NO/c1-9-4-5-13-11(6-9)7-12(8-11)10-2-3-10/h9-10H,2-8H2,1H3. The van der Waals surface area contributed by atoms with Gasteiger partial charge in [0.15, 0.2) is 0 Å². The first-order valence-electron chi connectivity index (χ1n) is 5.65. The number of hydrogen-bond donors (Lipinski definition) is 0. The second kappa shape index (κ2) is 2.71. The van der Waals surface area contributed by atoms with Crippen molar-refractivity contribution in [3.05, 3.63) is 0 Å². The van der Waals surface area contributed by atoms with Crippen molar-refractivity contribution < 1.29 is 4.74 Å². The molecule has 13 heavy (non-hydrogen) atoms. The molecule has 0 aromatic carbocycles. The van der Waals surface area contributed by atoms with Gasteiger partial charge in [-0.15, -0.1) is 0 Å². The van der Waals surface area contributed by atoms with Crippen molar-refractivity contribution in [1.29, 1.82) is 0 Å². The summed E-state index contributed by atoms with van der Waals surface area (Å²) in [6.07, 6.45) is 5.44. The van der Waals surface area contributed by atoms with Crippen LogP contribution in [0, 0.1) is 5.92 Å². The summed E-state index contributed by atoms with van der Waals surface area (Å²) in [5, 5.41) is 0. The Morgan fingerprint density at radius 1 is 1.23 bits per heavy atom. The van der Waals surface area contributed by atoms with Crippen LogP contribution >= 0.6 is 0 Å². The zero-order valence-corrected chi connectivity index (χ0v) is 8.46. The van der Waals surface area contributed by atoms with Crippen molar-refractivity contribution in [1.82, 2.24) is 4.90 Å². The van der Waals surface area contributed by atoms with Gasteiger partial charge in [0.25, 0.3) is 0 Å². The van der Waals surface area contributed by atoms with Gasteiger partial charge in [0.2, 0.25) is 0 Å². The fourth-order valence-corrected chi connectivity index (χ4v) is 2.88. The summed E-state index contributed by atoms with van der Waals surface area (Å²) >= 11 is 0. The molecule has 2 aliphatic heterocycles. The van der Waals surface area contributed by atoms with E-state index in [1.165, 1.54) is 38.8 Å². The molecule has 2 heteroatoms. The lowest BCUT2D eigenvalue weighted by molar-refractivity contribution is -0.179. The second-order valence-electron chi connectivity index (χ2n) is 5.27. The van der Waals surface area contributed by atoms with Gasteiger partial charge in [-0.3, -0.25) is 4.90 Å². The molecule has 2 heterocycles. The largest absolute Gasteiger partial charge is 0.372 e. The van der Waals surface area contributed by atoms with Gasteiger partial charge >= 0.3 is 0 Å². The average Bonchev–Trinajstić information content (AvgIpc) is 2.82. The zero-order chi connectivity index (χ0) is 8.89. The molecule has 2 saturated heterocycles. The Morgan fingerprint density at radius 2 is 2.00 bits per heavy atom. The number of nitrogens with zero attached hydrogens (tertiary/aromatic N) is 1. The molecule has 1 spiro atoms. The summed E-state index contributed by atoms with van der Waals surface area (Å²) in [5.41, 5.74) is 0.292. The molecule has 2 nitrogen and oxygen atoms in total. The third kappa shape index (κ3) is 1.40. The third-order valence-electron chi connectivity index (χ3n) is 3.79. The molecule has 0 bridgehead atoms. The Hall–Kier alpha value is -0.0800. The lowest BCUT2D eigenvalue weighted by atomic mass is 9.81. The predicted molar refractivity (Wildman–Crippen MR) is 51.7 cm³/mol. The third-order valence-corrected chi connectivity index (χ3v) is 3.79. The van der Waals surface area contributed by atoms with Gasteiger partial charge in [-0.1, -0.05) is 6.92 Å². The van der Waals surface area contributed by atoms with E-state index in [0.29, 0.717) is 5.60 Å². The van der Waals surface area contributed by atoms with Crippen LogP contribution in [0.4, 0.5) is 0 Å². The van der Waals surface area contributed by atoms with Gasteiger partial charge in [-0.05, 0) is 31.6 Å². The average molecular weight is 181 g/mol. The lowest BCUT2D eigenvalue weighted by Crippen LogP contribution is -2.65. The Bertz CT molecular complexity index is 206. The molecule has 0 N–H and O–H groups in total. The van der Waals surface area contributed by atoms with Gasteiger partial charge in [0, 0.05) is 25.7 Å². The highest BCUT2D eigenvalue weighted by molar-refractivity contribution is 5.04. The summed E-state index contributed by atoms with van der Waals surface area (Å²) in [6, 6.07) is 0.937. The Kier molecular flexibility index (Phi) is 1.72. The maximum atomic E-state index is 5.94. The first-order chi connectivity index (χ1) is 6.27. The minimum absolute atomic E-state index is 0.292. The van der Waals surface area contributed by atoms with E-state index in [2.05, 4.69) is 11.8 Å². The smallest absolute Gasteiger partial charge is 0.0937 e. The van der Waals surface area contributed by atoms with Crippen LogP contribution in [0.25, 0.3) is 0 Å². The Balaban J connectivity index is 1.58. The van der Waals surface area contributed by atoms with Crippen molar-refractivity contribution in [2.75, 3.05) is 19.7 Å². The normalized spacial score (nSPS) is 39.0. The van der Waals surface area contributed by atoms with E-state index in [4.69, 9.17) is 4.74 Å². The van der Waals surface area contributed by atoms with Crippen LogP contribution in [-0.4, -0.2) is 36.2 Å². The summed E-state index contributed by atoms with van der Waals surface area (Å²) in [4.78, 5) is 2.61. The number of hydrogen-bond acceptors (Lipinski definition) is 2. The van der Waals surface area contributed by atoms with Crippen LogP contribution in [0.1, 0.15) is 32.6 Å². The molecule has 1 aliphatic carbocycles. The van der Waals surface area contributed by atoms with Gasteiger partial charge < -0.3 is 4.74 Å². The van der Waals surface area contributed by atoms with Gasteiger partial charge in [0.05, 0.1) is 5.60 Å². The molecular formula is C11H19NO. The minimum Gasteiger partial charge on any atom is -0.372 e. The second-order valence-corrected chi connectivity index (χ2v) is 5.27. The highest BCUT2D eigenvalue weighted by atomic mass is 16.5. The summed E-state index contributed by atoms with van der Waals surface area (Å²) in [5.74, 6) is 0.884. The topological polar surface area (TPSA) is 12.5 Å². The molecule has 74 valence electrons. The minimum atomic E-state index is 0.292. The van der Waals surface area contributed by atoms with E-state index in [-0.39, 0.29) is 0 Å². The molecule has 0 amide bonds. The fraction of sp³-hybridized carbons (Fsp3) is 1.00. The zero-order valence-electron chi connectivity index (χ0n) is 8.46. The van der Waals surface area contributed by atoms with E-state index >= 15 is 0 Å². The van der Waals surface area contributed by atoms with E-state index in [1.807, 2.05) is 0 Å². The van der Waals surface area contributed by atoms with Crippen LogP contribution in [0.3, 0.4) is 0 Å². The molecule has 3 rings (SSSR count). The Labute approximate surface area is 80.2 Å². The highest BCUT2D eigenvalue weighted by Gasteiger charge is 2.50. The molecule has 0 aromatic heterocycles. The van der Waals surface area contributed by atoms with Crippen LogP contribution < -0.4 is 0 Å². The predicted octanol–water partition coefficient (Wildman–Crippen LogP) is 1.65. The number of rotatable bonds is 1. The molecule has 0 radical (unpaired) electrons. The SMILES string of the molecule is CC1CCOC2(C1)CN(C1CC1)C2. The van der Waals surface area contributed by atoms with E-state index in [1.54, 1.807) is 0 Å². The van der Waals surface area contributed by atoms with Crippen molar-refractivity contribution >= 4 is 0 Å². The maximum Gasteiger partial charge on any atom is 0.0937 e. The molecule has 1 atom stereocenters. The monoisotopic (exact) mass is 181 g/mol. The molecule has 1 saturated carbocycles. The van der Waals surface area contributed by atoms with Crippen molar-refractivity contribution in [3.8, 4) is 0 Å². The van der Waals surface area contributed by atoms with E-state index in [9.17, 15) is 0 Å². The van der Waals surface area contributed by atoms with E-state index < -0.39 is 0 Å².